The monoisotopic (exact) mass is 281 g/mol. The molecule has 20 heavy (non-hydrogen) atoms. The maximum Gasteiger partial charge on any atom is 0.319 e. The Hall–Kier alpha value is -2.11. The second kappa shape index (κ2) is 8.14. The number of urea groups is 1. The minimum Gasteiger partial charge on any atom is -0.386 e. The highest BCUT2D eigenvalue weighted by Gasteiger charge is 2.15. The van der Waals surface area contributed by atoms with Crippen LogP contribution in [0.5, 0.6) is 0 Å². The van der Waals surface area contributed by atoms with Crippen LogP contribution in [-0.4, -0.2) is 56.2 Å². The Morgan fingerprint density at radius 1 is 1.40 bits per heavy atom. The maximum atomic E-state index is 11.5. The molecule has 8 nitrogen and oxygen atoms in total. The standard InChI is InChI=1S/C12H19N5O3/c1-9(10(8-13)11(18)16-12(14)19)15-2-3-17-4-6-20-7-5-17/h15H,2-7H2,1H3,(H3,14,16,18,19)/b10-9-. The number of morpholine rings is 1. The molecular formula is C12H19N5O3. The fourth-order valence-electron chi connectivity index (χ4n) is 1.79. The number of carbonyl (C=O) groups is 2. The number of nitriles is 1. The number of primary amides is 1. The lowest BCUT2D eigenvalue weighted by Gasteiger charge is -2.26. The van der Waals surface area contributed by atoms with Crippen molar-refractivity contribution in [2.45, 2.75) is 6.92 Å². The average Bonchev–Trinajstić information content (AvgIpc) is 2.40. The molecule has 0 aromatic carbocycles. The highest BCUT2D eigenvalue weighted by Crippen LogP contribution is 2.01. The smallest absolute Gasteiger partial charge is 0.319 e. The van der Waals surface area contributed by atoms with Gasteiger partial charge in [0.15, 0.2) is 0 Å². The van der Waals surface area contributed by atoms with E-state index in [9.17, 15) is 9.59 Å². The van der Waals surface area contributed by atoms with Crippen LogP contribution in [-0.2, 0) is 9.53 Å². The van der Waals surface area contributed by atoms with Gasteiger partial charge in [-0.2, -0.15) is 5.26 Å². The number of carbonyl (C=O) groups excluding carboxylic acids is 2. The van der Waals surface area contributed by atoms with Crippen LogP contribution < -0.4 is 16.4 Å². The van der Waals surface area contributed by atoms with Crippen molar-refractivity contribution in [3.63, 3.8) is 0 Å². The first-order valence-electron chi connectivity index (χ1n) is 6.30. The molecule has 1 saturated heterocycles. The zero-order valence-electron chi connectivity index (χ0n) is 11.4. The molecule has 0 aromatic heterocycles. The van der Waals surface area contributed by atoms with E-state index in [1.807, 2.05) is 5.32 Å². The summed E-state index contributed by atoms with van der Waals surface area (Å²) in [7, 11) is 0. The van der Waals surface area contributed by atoms with E-state index in [0.29, 0.717) is 12.2 Å². The van der Waals surface area contributed by atoms with Gasteiger partial charge in [-0.25, -0.2) is 4.79 Å². The van der Waals surface area contributed by atoms with Crippen molar-refractivity contribution in [1.82, 2.24) is 15.5 Å². The molecule has 1 rings (SSSR count). The number of hydrogen-bond acceptors (Lipinski definition) is 6. The van der Waals surface area contributed by atoms with Crippen LogP contribution in [0.3, 0.4) is 0 Å². The first-order valence-corrected chi connectivity index (χ1v) is 6.30. The quantitative estimate of drug-likeness (QED) is 0.434. The van der Waals surface area contributed by atoms with E-state index in [1.54, 1.807) is 13.0 Å². The van der Waals surface area contributed by atoms with Crippen LogP contribution in [0.25, 0.3) is 0 Å². The summed E-state index contributed by atoms with van der Waals surface area (Å²) in [6, 6.07) is 0.777. The van der Waals surface area contributed by atoms with Crippen molar-refractivity contribution in [1.29, 1.82) is 5.26 Å². The van der Waals surface area contributed by atoms with Gasteiger partial charge in [-0.05, 0) is 6.92 Å². The van der Waals surface area contributed by atoms with Gasteiger partial charge in [-0.3, -0.25) is 15.0 Å². The molecule has 0 unspecified atom stereocenters. The van der Waals surface area contributed by atoms with Crippen molar-refractivity contribution in [3.05, 3.63) is 11.3 Å². The van der Waals surface area contributed by atoms with Crippen molar-refractivity contribution >= 4 is 11.9 Å². The summed E-state index contributed by atoms with van der Waals surface area (Å²) in [6.07, 6.45) is 0. The number of hydrogen-bond donors (Lipinski definition) is 3. The van der Waals surface area contributed by atoms with E-state index in [1.165, 1.54) is 0 Å². The van der Waals surface area contributed by atoms with Gasteiger partial charge in [0.05, 0.1) is 13.2 Å². The third-order valence-electron chi connectivity index (χ3n) is 2.87. The fraction of sp³-hybridized carbons (Fsp3) is 0.583. The average molecular weight is 281 g/mol. The number of nitrogens with one attached hydrogen (secondary N) is 2. The van der Waals surface area contributed by atoms with Crippen LogP contribution >= 0.6 is 0 Å². The summed E-state index contributed by atoms with van der Waals surface area (Å²) in [4.78, 5) is 24.3. The number of amides is 3. The fourth-order valence-corrected chi connectivity index (χ4v) is 1.79. The predicted octanol–water partition coefficient (Wildman–Crippen LogP) is -1.10. The summed E-state index contributed by atoms with van der Waals surface area (Å²) in [5, 5.41) is 13.8. The van der Waals surface area contributed by atoms with E-state index < -0.39 is 11.9 Å². The van der Waals surface area contributed by atoms with Gasteiger partial charge < -0.3 is 15.8 Å². The molecule has 0 aromatic rings. The van der Waals surface area contributed by atoms with E-state index >= 15 is 0 Å². The van der Waals surface area contributed by atoms with E-state index in [2.05, 4.69) is 10.2 Å². The minimum absolute atomic E-state index is 0.147. The lowest BCUT2D eigenvalue weighted by Crippen LogP contribution is -2.40. The molecule has 1 aliphatic heterocycles. The summed E-state index contributed by atoms with van der Waals surface area (Å²) in [6.45, 7) is 6.18. The van der Waals surface area contributed by atoms with E-state index in [4.69, 9.17) is 15.7 Å². The number of nitrogens with two attached hydrogens (primary N) is 1. The molecule has 0 bridgehead atoms. The maximum absolute atomic E-state index is 11.5. The van der Waals surface area contributed by atoms with Crippen molar-refractivity contribution in [3.8, 4) is 6.07 Å². The number of imide groups is 1. The summed E-state index contributed by atoms with van der Waals surface area (Å²) in [5.74, 6) is -0.795. The van der Waals surface area contributed by atoms with Crippen LogP contribution in [0.1, 0.15) is 6.92 Å². The zero-order chi connectivity index (χ0) is 15.0. The summed E-state index contributed by atoms with van der Waals surface area (Å²) < 4.78 is 5.24. The van der Waals surface area contributed by atoms with Crippen molar-refractivity contribution in [2.24, 2.45) is 5.73 Å². The summed E-state index contributed by atoms with van der Waals surface area (Å²) >= 11 is 0. The Kier molecular flexibility index (Phi) is 6.49. The van der Waals surface area contributed by atoms with Crippen molar-refractivity contribution < 1.29 is 14.3 Å². The van der Waals surface area contributed by atoms with E-state index in [0.717, 1.165) is 32.8 Å². The minimum atomic E-state index is -0.983. The predicted molar refractivity (Wildman–Crippen MR) is 71.3 cm³/mol. The SMILES string of the molecule is C/C(NCCN1CCOCC1)=C(\C#N)C(=O)NC(N)=O. The normalized spacial score (nSPS) is 16.8. The summed E-state index contributed by atoms with van der Waals surface area (Å²) in [5.41, 5.74) is 5.11. The Morgan fingerprint density at radius 3 is 2.60 bits per heavy atom. The van der Waals surface area contributed by atoms with Crippen molar-refractivity contribution in [2.75, 3.05) is 39.4 Å². The topological polar surface area (TPSA) is 120 Å². The Balaban J connectivity index is 2.46. The zero-order valence-corrected chi connectivity index (χ0v) is 11.4. The van der Waals surface area contributed by atoms with Gasteiger partial charge in [0.25, 0.3) is 5.91 Å². The lowest BCUT2D eigenvalue weighted by atomic mass is 10.2. The molecule has 0 radical (unpaired) electrons. The number of allylic oxidation sites excluding steroid dienone is 1. The molecule has 3 amide bonds. The molecule has 0 saturated carbocycles. The second-order valence-electron chi connectivity index (χ2n) is 4.31. The molecule has 8 heteroatoms. The van der Waals surface area contributed by atoms with E-state index in [-0.39, 0.29) is 5.57 Å². The largest absolute Gasteiger partial charge is 0.386 e. The highest BCUT2D eigenvalue weighted by molar-refractivity contribution is 6.06. The highest BCUT2D eigenvalue weighted by atomic mass is 16.5. The molecule has 0 atom stereocenters. The van der Waals surface area contributed by atoms with Gasteiger partial charge in [-0.1, -0.05) is 0 Å². The molecule has 4 N–H and O–H groups in total. The van der Waals surface area contributed by atoms with Crippen LogP contribution in [0.4, 0.5) is 4.79 Å². The number of nitrogens with zero attached hydrogens (tertiary/aromatic N) is 2. The first-order chi connectivity index (χ1) is 9.54. The number of ether oxygens (including phenoxy) is 1. The van der Waals surface area contributed by atoms with Gasteiger partial charge in [0.1, 0.15) is 11.6 Å². The van der Waals surface area contributed by atoms with Crippen LogP contribution in [0.15, 0.2) is 11.3 Å². The molecule has 1 heterocycles. The van der Waals surface area contributed by atoms with Gasteiger partial charge >= 0.3 is 6.03 Å². The first kappa shape index (κ1) is 15.9. The third-order valence-corrected chi connectivity index (χ3v) is 2.87. The second-order valence-corrected chi connectivity index (χ2v) is 4.31. The Bertz CT molecular complexity index is 435. The molecule has 0 aliphatic carbocycles. The molecule has 0 spiro atoms. The Morgan fingerprint density at radius 2 is 2.05 bits per heavy atom. The Labute approximate surface area is 117 Å². The number of rotatable bonds is 5. The third kappa shape index (κ3) is 5.26. The van der Waals surface area contributed by atoms with Crippen LogP contribution in [0, 0.1) is 11.3 Å². The molecule has 1 fully saturated rings. The van der Waals surface area contributed by atoms with Gasteiger partial charge in [0.2, 0.25) is 0 Å². The van der Waals surface area contributed by atoms with Crippen LogP contribution in [0.2, 0.25) is 0 Å². The molecule has 1 aliphatic rings. The lowest BCUT2D eigenvalue weighted by molar-refractivity contribution is -0.116. The van der Waals surface area contributed by atoms with Gasteiger partial charge in [0, 0.05) is 31.9 Å². The molecule has 110 valence electrons. The van der Waals surface area contributed by atoms with Gasteiger partial charge in [-0.15, -0.1) is 0 Å². The molecular weight excluding hydrogens is 262 g/mol.